The van der Waals surface area contributed by atoms with Crippen LogP contribution in [0.25, 0.3) is 0 Å². The Morgan fingerprint density at radius 1 is 1.38 bits per heavy atom. The Balaban J connectivity index is 1.90. The molecule has 1 saturated heterocycles. The van der Waals surface area contributed by atoms with Crippen molar-refractivity contribution in [2.24, 2.45) is 5.92 Å². The summed E-state index contributed by atoms with van der Waals surface area (Å²) in [6.07, 6.45) is 5.93. The van der Waals surface area contributed by atoms with Gasteiger partial charge in [0.2, 0.25) is 0 Å². The lowest BCUT2D eigenvalue weighted by atomic mass is 9.94. The monoisotopic (exact) mass is 291 g/mol. The zero-order valence-electron chi connectivity index (χ0n) is 13.7. The highest BCUT2D eigenvalue weighted by Gasteiger charge is 2.19. The lowest BCUT2D eigenvalue weighted by Crippen LogP contribution is -2.34. The molecule has 1 aromatic heterocycles. The van der Waals surface area contributed by atoms with Crippen molar-refractivity contribution < 1.29 is 4.74 Å². The van der Waals surface area contributed by atoms with E-state index in [2.05, 4.69) is 30.1 Å². The summed E-state index contributed by atoms with van der Waals surface area (Å²) in [6, 6.07) is 2.26. The molecule has 4 heteroatoms. The summed E-state index contributed by atoms with van der Waals surface area (Å²) < 4.78 is 5.04. The fourth-order valence-corrected chi connectivity index (χ4v) is 3.01. The van der Waals surface area contributed by atoms with Gasteiger partial charge in [-0.15, -0.1) is 0 Å². The number of aryl methyl sites for hydroxylation is 1. The van der Waals surface area contributed by atoms with E-state index in [-0.39, 0.29) is 0 Å². The minimum Gasteiger partial charge on any atom is -0.383 e. The second kappa shape index (κ2) is 8.35. The molecule has 1 N–H and O–H groups in total. The number of hydrogen-bond acceptors (Lipinski definition) is 4. The third-order valence-corrected chi connectivity index (χ3v) is 4.41. The van der Waals surface area contributed by atoms with Crippen molar-refractivity contribution >= 4 is 5.82 Å². The van der Waals surface area contributed by atoms with Gasteiger partial charge in [-0.05, 0) is 42.9 Å². The van der Waals surface area contributed by atoms with Gasteiger partial charge in [0.1, 0.15) is 5.82 Å². The third-order valence-electron chi connectivity index (χ3n) is 4.41. The van der Waals surface area contributed by atoms with Gasteiger partial charge < -0.3 is 15.0 Å². The zero-order valence-corrected chi connectivity index (χ0v) is 13.7. The molecule has 2 rings (SSSR count). The van der Waals surface area contributed by atoms with E-state index in [1.165, 1.54) is 36.2 Å². The number of nitrogens with one attached hydrogen (secondary N) is 1. The molecule has 0 unspecified atom stereocenters. The lowest BCUT2D eigenvalue weighted by molar-refractivity contribution is 0.199. The molecular weight excluding hydrogens is 262 g/mol. The number of nitrogens with zero attached hydrogens (tertiary/aromatic N) is 2. The van der Waals surface area contributed by atoms with Crippen LogP contribution in [0.3, 0.4) is 0 Å². The summed E-state index contributed by atoms with van der Waals surface area (Å²) >= 11 is 0. The second-order valence-electron chi connectivity index (χ2n) is 5.99. The maximum atomic E-state index is 5.04. The fraction of sp³-hybridized carbons (Fsp3) is 0.706. The molecule has 1 aliphatic rings. The van der Waals surface area contributed by atoms with Crippen LogP contribution in [0.4, 0.5) is 5.82 Å². The number of rotatable bonds is 7. The maximum Gasteiger partial charge on any atom is 0.131 e. The van der Waals surface area contributed by atoms with Crippen LogP contribution in [-0.2, 0) is 11.3 Å². The molecule has 0 atom stereocenters. The van der Waals surface area contributed by atoms with Gasteiger partial charge in [0.25, 0.3) is 0 Å². The van der Waals surface area contributed by atoms with Gasteiger partial charge in [-0.2, -0.15) is 0 Å². The van der Waals surface area contributed by atoms with Crippen molar-refractivity contribution in [3.05, 3.63) is 23.4 Å². The number of methoxy groups -OCH3 is 1. The van der Waals surface area contributed by atoms with Crippen LogP contribution in [0.15, 0.2) is 12.3 Å². The molecule has 21 heavy (non-hydrogen) atoms. The molecule has 0 spiro atoms. The first-order valence-electron chi connectivity index (χ1n) is 8.14. The molecule has 0 bridgehead atoms. The Morgan fingerprint density at radius 2 is 2.14 bits per heavy atom. The SMILES string of the molecule is CCC1CCN(c2ncc(CNCCOC)cc2C)CC1. The molecule has 1 aromatic rings. The minimum atomic E-state index is 0.747. The van der Waals surface area contributed by atoms with Gasteiger partial charge in [0.15, 0.2) is 0 Å². The van der Waals surface area contributed by atoms with Crippen molar-refractivity contribution in [1.29, 1.82) is 0 Å². The van der Waals surface area contributed by atoms with Gasteiger partial charge in [-0.3, -0.25) is 0 Å². The summed E-state index contributed by atoms with van der Waals surface area (Å²) in [7, 11) is 1.73. The van der Waals surface area contributed by atoms with E-state index in [9.17, 15) is 0 Å². The molecule has 0 aliphatic carbocycles. The van der Waals surface area contributed by atoms with Gasteiger partial charge in [0, 0.05) is 39.5 Å². The summed E-state index contributed by atoms with van der Waals surface area (Å²) in [5.74, 6) is 2.08. The first-order valence-corrected chi connectivity index (χ1v) is 8.14. The molecule has 1 fully saturated rings. The van der Waals surface area contributed by atoms with E-state index in [0.29, 0.717) is 0 Å². The van der Waals surface area contributed by atoms with E-state index in [1.807, 2.05) is 6.20 Å². The Morgan fingerprint density at radius 3 is 2.76 bits per heavy atom. The van der Waals surface area contributed by atoms with E-state index in [0.717, 1.165) is 38.7 Å². The first-order chi connectivity index (χ1) is 10.2. The van der Waals surface area contributed by atoms with Crippen LogP contribution in [0.5, 0.6) is 0 Å². The third kappa shape index (κ3) is 4.68. The number of ether oxygens (including phenoxy) is 1. The molecular formula is C17H29N3O. The Bertz CT molecular complexity index is 428. The van der Waals surface area contributed by atoms with Crippen molar-refractivity contribution in [2.75, 3.05) is 38.3 Å². The predicted molar refractivity (Wildman–Crippen MR) is 87.8 cm³/mol. The van der Waals surface area contributed by atoms with Crippen LogP contribution in [0, 0.1) is 12.8 Å². The Labute approximate surface area is 128 Å². The summed E-state index contributed by atoms with van der Waals surface area (Å²) in [5.41, 5.74) is 2.53. The van der Waals surface area contributed by atoms with Gasteiger partial charge in [-0.25, -0.2) is 4.98 Å². The van der Waals surface area contributed by atoms with Crippen LogP contribution in [-0.4, -0.2) is 38.3 Å². The van der Waals surface area contributed by atoms with Crippen LogP contribution < -0.4 is 10.2 Å². The smallest absolute Gasteiger partial charge is 0.131 e. The molecule has 0 radical (unpaired) electrons. The topological polar surface area (TPSA) is 37.4 Å². The van der Waals surface area contributed by atoms with Gasteiger partial charge >= 0.3 is 0 Å². The number of piperidine rings is 1. The normalized spacial score (nSPS) is 16.4. The Kier molecular flexibility index (Phi) is 6.46. The number of pyridine rings is 1. The standard InChI is InChI=1S/C17H29N3O/c1-4-15-5-8-20(9-6-15)17-14(2)11-16(13-19-17)12-18-7-10-21-3/h11,13,15,18H,4-10,12H2,1-3H3. The number of hydrogen-bond donors (Lipinski definition) is 1. The van der Waals surface area contributed by atoms with E-state index in [1.54, 1.807) is 7.11 Å². The van der Waals surface area contributed by atoms with Crippen LogP contribution >= 0.6 is 0 Å². The minimum absolute atomic E-state index is 0.747. The van der Waals surface area contributed by atoms with Crippen molar-refractivity contribution in [3.8, 4) is 0 Å². The average molecular weight is 291 g/mol. The van der Waals surface area contributed by atoms with Gasteiger partial charge in [0.05, 0.1) is 6.61 Å². The average Bonchev–Trinajstić information content (AvgIpc) is 2.52. The predicted octanol–water partition coefficient (Wildman–Crippen LogP) is 2.75. The molecule has 1 aliphatic heterocycles. The molecule has 118 valence electrons. The largest absolute Gasteiger partial charge is 0.383 e. The molecule has 2 heterocycles. The molecule has 0 aromatic carbocycles. The quantitative estimate of drug-likeness (QED) is 0.784. The Hall–Kier alpha value is -1.13. The molecule has 0 saturated carbocycles. The first kappa shape index (κ1) is 16.2. The highest BCUT2D eigenvalue weighted by molar-refractivity contribution is 5.47. The van der Waals surface area contributed by atoms with E-state index >= 15 is 0 Å². The maximum absolute atomic E-state index is 5.04. The van der Waals surface area contributed by atoms with Crippen molar-refractivity contribution in [3.63, 3.8) is 0 Å². The van der Waals surface area contributed by atoms with Crippen LogP contribution in [0.1, 0.15) is 37.3 Å². The van der Waals surface area contributed by atoms with Crippen molar-refractivity contribution in [2.45, 2.75) is 39.7 Å². The summed E-state index contributed by atoms with van der Waals surface area (Å²) in [5, 5.41) is 3.36. The zero-order chi connectivity index (χ0) is 15.1. The highest BCUT2D eigenvalue weighted by atomic mass is 16.5. The van der Waals surface area contributed by atoms with Crippen LogP contribution in [0.2, 0.25) is 0 Å². The summed E-state index contributed by atoms with van der Waals surface area (Å²) in [4.78, 5) is 7.15. The van der Waals surface area contributed by atoms with E-state index < -0.39 is 0 Å². The van der Waals surface area contributed by atoms with Gasteiger partial charge in [-0.1, -0.05) is 13.3 Å². The highest BCUT2D eigenvalue weighted by Crippen LogP contribution is 2.26. The fourth-order valence-electron chi connectivity index (χ4n) is 3.01. The lowest BCUT2D eigenvalue weighted by Gasteiger charge is -2.33. The molecule has 0 amide bonds. The molecule has 4 nitrogen and oxygen atoms in total. The van der Waals surface area contributed by atoms with Crippen molar-refractivity contribution in [1.82, 2.24) is 10.3 Å². The van der Waals surface area contributed by atoms with E-state index in [4.69, 9.17) is 9.72 Å². The number of anilines is 1. The summed E-state index contributed by atoms with van der Waals surface area (Å²) in [6.45, 7) is 9.26. The number of aromatic nitrogens is 1. The second-order valence-corrected chi connectivity index (χ2v) is 5.99.